The van der Waals surface area contributed by atoms with Gasteiger partial charge in [0.25, 0.3) is 5.69 Å². The second kappa shape index (κ2) is 7.15. The van der Waals surface area contributed by atoms with Gasteiger partial charge in [0.15, 0.2) is 5.78 Å². The van der Waals surface area contributed by atoms with E-state index in [1.165, 1.54) is 18.2 Å². The molecule has 2 rings (SSSR count). The summed E-state index contributed by atoms with van der Waals surface area (Å²) < 4.78 is 0. The molecular formula is C16H13BrN2O4. The van der Waals surface area contributed by atoms with Crippen molar-refractivity contribution in [3.63, 3.8) is 0 Å². The second-order valence-corrected chi connectivity index (χ2v) is 6.16. The molecule has 7 heteroatoms. The van der Waals surface area contributed by atoms with E-state index in [4.69, 9.17) is 0 Å². The van der Waals surface area contributed by atoms with Crippen molar-refractivity contribution in [2.45, 2.75) is 11.8 Å². The Bertz CT molecular complexity index is 760. The van der Waals surface area contributed by atoms with E-state index in [9.17, 15) is 19.7 Å². The Morgan fingerprint density at radius 1 is 1.17 bits per heavy atom. The van der Waals surface area contributed by atoms with Gasteiger partial charge in [-0.2, -0.15) is 0 Å². The Labute approximate surface area is 140 Å². The zero-order valence-electron chi connectivity index (χ0n) is 12.2. The highest BCUT2D eigenvalue weighted by molar-refractivity contribution is 9.10. The van der Waals surface area contributed by atoms with Crippen molar-refractivity contribution in [3.05, 3.63) is 69.8 Å². The molecule has 1 amide bonds. The smallest absolute Gasteiger partial charge is 0.270 e. The van der Waals surface area contributed by atoms with Crippen LogP contribution in [0, 0.1) is 10.1 Å². The lowest BCUT2D eigenvalue weighted by Gasteiger charge is -2.11. The van der Waals surface area contributed by atoms with Crippen LogP contribution in [0.15, 0.2) is 48.5 Å². The van der Waals surface area contributed by atoms with Crippen LogP contribution in [0.5, 0.6) is 0 Å². The van der Waals surface area contributed by atoms with Gasteiger partial charge in [0.1, 0.15) is 0 Å². The first-order valence-electron chi connectivity index (χ1n) is 6.73. The number of nitrogens with one attached hydrogen (secondary N) is 1. The number of halogens is 1. The molecule has 0 aromatic heterocycles. The van der Waals surface area contributed by atoms with Crippen LogP contribution < -0.4 is 5.32 Å². The van der Waals surface area contributed by atoms with Gasteiger partial charge in [0.2, 0.25) is 5.91 Å². The maximum atomic E-state index is 12.6. The van der Waals surface area contributed by atoms with E-state index < -0.39 is 15.5 Å². The molecule has 0 aliphatic carbocycles. The van der Waals surface area contributed by atoms with Crippen LogP contribution >= 0.6 is 15.9 Å². The third-order valence-corrected chi connectivity index (χ3v) is 3.53. The van der Waals surface area contributed by atoms with Crippen LogP contribution in [0.25, 0.3) is 0 Å². The number of carbonyl (C=O) groups excluding carboxylic acids is 2. The number of nitrogens with zero attached hydrogens (tertiary/aromatic N) is 1. The molecule has 2 aromatic rings. The number of non-ortho nitro benzene ring substituents is 1. The first kappa shape index (κ1) is 16.8. The van der Waals surface area contributed by atoms with Gasteiger partial charge >= 0.3 is 0 Å². The van der Waals surface area contributed by atoms with Crippen molar-refractivity contribution in [3.8, 4) is 0 Å². The predicted molar refractivity (Wildman–Crippen MR) is 90.0 cm³/mol. The van der Waals surface area contributed by atoms with E-state index in [-0.39, 0.29) is 22.8 Å². The van der Waals surface area contributed by atoms with E-state index in [1.54, 1.807) is 37.3 Å². The Morgan fingerprint density at radius 3 is 2.39 bits per heavy atom. The molecule has 0 aliphatic rings. The number of benzene rings is 2. The average molecular weight is 377 g/mol. The summed E-state index contributed by atoms with van der Waals surface area (Å²) in [7, 11) is 0. The molecule has 1 unspecified atom stereocenters. The first-order valence-corrected chi connectivity index (χ1v) is 7.65. The number of nitro groups is 1. The van der Waals surface area contributed by atoms with E-state index in [2.05, 4.69) is 21.2 Å². The van der Waals surface area contributed by atoms with Crippen LogP contribution in [0.3, 0.4) is 0 Å². The molecule has 0 radical (unpaired) electrons. The lowest BCUT2D eigenvalue weighted by atomic mass is 10.0. The summed E-state index contributed by atoms with van der Waals surface area (Å²) in [6.07, 6.45) is 0. The van der Waals surface area contributed by atoms with Gasteiger partial charge in [-0.05, 0) is 13.0 Å². The molecule has 0 fully saturated rings. The van der Waals surface area contributed by atoms with Crippen molar-refractivity contribution in [2.24, 2.45) is 0 Å². The summed E-state index contributed by atoms with van der Waals surface area (Å²) in [5.41, 5.74) is 0.484. The maximum absolute atomic E-state index is 12.6. The summed E-state index contributed by atoms with van der Waals surface area (Å²) in [4.78, 5) is 34.4. The highest BCUT2D eigenvalue weighted by Crippen LogP contribution is 2.25. The molecule has 1 atom stereocenters. The Kier molecular flexibility index (Phi) is 5.23. The molecule has 23 heavy (non-hydrogen) atoms. The standard InChI is InChI=1S/C16H13BrN2O4/c1-10(17)16(21)18-14-8-7-12(19(22)23)9-13(14)15(20)11-5-3-2-4-6-11/h2-10H,1H3,(H,18,21). The normalized spacial score (nSPS) is 11.6. The van der Waals surface area contributed by atoms with Gasteiger partial charge < -0.3 is 5.32 Å². The average Bonchev–Trinajstić information content (AvgIpc) is 2.55. The van der Waals surface area contributed by atoms with Gasteiger partial charge in [-0.1, -0.05) is 46.3 Å². The Morgan fingerprint density at radius 2 is 1.83 bits per heavy atom. The summed E-state index contributed by atoms with van der Waals surface area (Å²) in [6, 6.07) is 12.2. The number of hydrogen-bond donors (Lipinski definition) is 1. The van der Waals surface area contributed by atoms with Gasteiger partial charge in [-0.15, -0.1) is 0 Å². The van der Waals surface area contributed by atoms with Crippen molar-refractivity contribution >= 4 is 39.0 Å². The third kappa shape index (κ3) is 4.01. The highest BCUT2D eigenvalue weighted by Gasteiger charge is 2.20. The van der Waals surface area contributed by atoms with E-state index in [0.29, 0.717) is 5.56 Å². The zero-order valence-corrected chi connectivity index (χ0v) is 13.7. The minimum atomic E-state index is -0.583. The van der Waals surface area contributed by atoms with Crippen molar-refractivity contribution in [1.29, 1.82) is 0 Å². The van der Waals surface area contributed by atoms with Crippen molar-refractivity contribution in [2.75, 3.05) is 5.32 Å². The summed E-state index contributed by atoms with van der Waals surface area (Å²) >= 11 is 3.14. The maximum Gasteiger partial charge on any atom is 0.270 e. The van der Waals surface area contributed by atoms with Gasteiger partial charge in [-0.3, -0.25) is 19.7 Å². The number of carbonyl (C=O) groups is 2. The monoisotopic (exact) mass is 376 g/mol. The summed E-state index contributed by atoms with van der Waals surface area (Å²) in [5.74, 6) is -0.743. The number of alkyl halides is 1. The van der Waals surface area contributed by atoms with Crippen LogP contribution in [-0.2, 0) is 4.79 Å². The van der Waals surface area contributed by atoms with Crippen molar-refractivity contribution < 1.29 is 14.5 Å². The third-order valence-electron chi connectivity index (χ3n) is 3.11. The molecular weight excluding hydrogens is 364 g/mol. The number of amides is 1. The Balaban J connectivity index is 2.49. The molecule has 0 heterocycles. The molecule has 0 saturated heterocycles. The lowest BCUT2D eigenvalue weighted by molar-refractivity contribution is -0.384. The second-order valence-electron chi connectivity index (χ2n) is 4.79. The lowest BCUT2D eigenvalue weighted by Crippen LogP contribution is -2.21. The van der Waals surface area contributed by atoms with Crippen molar-refractivity contribution in [1.82, 2.24) is 0 Å². The quantitative estimate of drug-likeness (QED) is 0.374. The Hall–Kier alpha value is -2.54. The number of hydrogen-bond acceptors (Lipinski definition) is 4. The molecule has 6 nitrogen and oxygen atoms in total. The number of nitro benzene ring substituents is 1. The van der Waals surface area contributed by atoms with Gasteiger partial charge in [0.05, 0.1) is 21.0 Å². The largest absolute Gasteiger partial charge is 0.324 e. The molecule has 0 spiro atoms. The fourth-order valence-corrected chi connectivity index (χ4v) is 2.03. The molecule has 0 saturated carbocycles. The minimum absolute atomic E-state index is 0.0758. The molecule has 0 bridgehead atoms. The van der Waals surface area contributed by atoms with Crippen LogP contribution in [-0.4, -0.2) is 21.4 Å². The number of ketones is 1. The molecule has 2 aromatic carbocycles. The van der Waals surface area contributed by atoms with E-state index in [0.717, 1.165) is 0 Å². The first-order chi connectivity index (χ1) is 10.9. The topological polar surface area (TPSA) is 89.3 Å². The fraction of sp³-hybridized carbons (Fsp3) is 0.125. The van der Waals surface area contributed by atoms with Crippen LogP contribution in [0.1, 0.15) is 22.8 Å². The summed E-state index contributed by atoms with van der Waals surface area (Å²) in [5, 5.41) is 13.6. The molecule has 1 N–H and O–H groups in total. The number of anilines is 1. The number of rotatable bonds is 5. The fourth-order valence-electron chi connectivity index (χ4n) is 1.92. The predicted octanol–water partition coefficient (Wildman–Crippen LogP) is 3.55. The zero-order chi connectivity index (χ0) is 17.0. The molecule has 118 valence electrons. The SMILES string of the molecule is CC(Br)C(=O)Nc1ccc([N+](=O)[O-])cc1C(=O)c1ccccc1. The minimum Gasteiger partial charge on any atom is -0.324 e. The van der Waals surface area contributed by atoms with E-state index >= 15 is 0 Å². The van der Waals surface area contributed by atoms with Crippen LogP contribution in [0.2, 0.25) is 0 Å². The molecule has 0 aliphatic heterocycles. The van der Waals surface area contributed by atoms with E-state index in [1.807, 2.05) is 0 Å². The van der Waals surface area contributed by atoms with Gasteiger partial charge in [-0.25, -0.2) is 0 Å². The van der Waals surface area contributed by atoms with Crippen LogP contribution in [0.4, 0.5) is 11.4 Å². The highest BCUT2D eigenvalue weighted by atomic mass is 79.9. The van der Waals surface area contributed by atoms with Gasteiger partial charge in [0, 0.05) is 17.7 Å². The summed E-state index contributed by atoms with van der Waals surface area (Å²) in [6.45, 7) is 1.64.